The van der Waals surface area contributed by atoms with Crippen molar-refractivity contribution >= 4 is 15.7 Å². The van der Waals surface area contributed by atoms with Gasteiger partial charge >= 0.3 is 0 Å². The first-order valence-electron chi connectivity index (χ1n) is 6.95. The third kappa shape index (κ3) is 2.62. The molecule has 0 saturated heterocycles. The van der Waals surface area contributed by atoms with Crippen LogP contribution in [0.5, 0.6) is 5.75 Å². The predicted molar refractivity (Wildman–Crippen MR) is 79.4 cm³/mol. The van der Waals surface area contributed by atoms with Crippen LogP contribution in [0.25, 0.3) is 0 Å². The average Bonchev–Trinajstić information content (AvgIpc) is 2.37. The highest BCUT2D eigenvalue weighted by atomic mass is 32.2. The summed E-state index contributed by atoms with van der Waals surface area (Å²) in [5, 5.41) is 0. The van der Waals surface area contributed by atoms with Gasteiger partial charge in [0.2, 0.25) is 10.0 Å². The van der Waals surface area contributed by atoms with E-state index in [4.69, 9.17) is 10.5 Å². The zero-order valence-electron chi connectivity index (χ0n) is 12.2. The molecular formula is C14H22N2O3S. The van der Waals surface area contributed by atoms with Crippen LogP contribution >= 0.6 is 0 Å². The normalized spacial score (nSPS) is 15.2. The summed E-state index contributed by atoms with van der Waals surface area (Å²) in [6.45, 7) is 6.52. The van der Waals surface area contributed by atoms with Crippen molar-refractivity contribution in [1.82, 2.24) is 4.31 Å². The predicted octanol–water partition coefficient (Wildman–Crippen LogP) is 2.01. The molecule has 0 aromatic heterocycles. The van der Waals surface area contributed by atoms with Crippen LogP contribution in [0.1, 0.15) is 32.8 Å². The Hall–Kier alpha value is -1.27. The Morgan fingerprint density at radius 2 is 2.10 bits per heavy atom. The number of nitrogens with zero attached hydrogens (tertiary/aromatic N) is 1. The number of ether oxygens (including phenoxy) is 1. The number of aryl methyl sites for hydroxylation is 1. The number of fused-ring (bicyclic) bond motifs is 1. The fourth-order valence-corrected chi connectivity index (χ4v) is 4.46. The van der Waals surface area contributed by atoms with Crippen LogP contribution in [0.15, 0.2) is 17.0 Å². The van der Waals surface area contributed by atoms with Crippen molar-refractivity contribution in [2.24, 2.45) is 0 Å². The molecule has 5 nitrogen and oxygen atoms in total. The van der Waals surface area contributed by atoms with Gasteiger partial charge in [0, 0.05) is 18.3 Å². The van der Waals surface area contributed by atoms with Gasteiger partial charge in [-0.3, -0.25) is 0 Å². The van der Waals surface area contributed by atoms with E-state index < -0.39 is 10.0 Å². The number of hydrogen-bond acceptors (Lipinski definition) is 4. The van der Waals surface area contributed by atoms with E-state index in [1.54, 1.807) is 6.07 Å². The third-order valence-electron chi connectivity index (χ3n) is 3.47. The molecule has 0 saturated carbocycles. The maximum atomic E-state index is 12.8. The van der Waals surface area contributed by atoms with Crippen molar-refractivity contribution in [3.63, 3.8) is 0 Å². The maximum absolute atomic E-state index is 12.8. The zero-order chi connectivity index (χ0) is 14.9. The minimum Gasteiger partial charge on any atom is -0.492 e. The van der Waals surface area contributed by atoms with Crippen molar-refractivity contribution in [2.75, 3.05) is 18.9 Å². The van der Waals surface area contributed by atoms with Crippen LogP contribution in [0, 0.1) is 0 Å². The van der Waals surface area contributed by atoms with Gasteiger partial charge in [-0.15, -0.1) is 0 Å². The van der Waals surface area contributed by atoms with Crippen LogP contribution in [-0.2, 0) is 16.4 Å². The van der Waals surface area contributed by atoms with E-state index in [0.717, 1.165) is 18.4 Å². The molecule has 0 fully saturated rings. The summed E-state index contributed by atoms with van der Waals surface area (Å²) in [5.41, 5.74) is 7.21. The van der Waals surface area contributed by atoms with Crippen LogP contribution in [-0.4, -0.2) is 31.9 Å². The fourth-order valence-electron chi connectivity index (χ4n) is 2.60. The lowest BCUT2D eigenvalue weighted by Gasteiger charge is -2.27. The molecule has 0 amide bonds. The molecule has 20 heavy (non-hydrogen) atoms. The van der Waals surface area contributed by atoms with E-state index >= 15 is 0 Å². The van der Waals surface area contributed by atoms with E-state index in [1.165, 1.54) is 10.4 Å². The molecule has 0 atom stereocenters. The number of nitrogen functional groups attached to an aromatic ring is 1. The van der Waals surface area contributed by atoms with Crippen molar-refractivity contribution < 1.29 is 13.2 Å². The van der Waals surface area contributed by atoms with E-state index in [-0.39, 0.29) is 10.9 Å². The molecule has 6 heteroatoms. The molecule has 1 aliphatic rings. The van der Waals surface area contributed by atoms with E-state index in [9.17, 15) is 8.42 Å². The van der Waals surface area contributed by atoms with Gasteiger partial charge in [0.05, 0.1) is 6.61 Å². The fraction of sp³-hybridized carbons (Fsp3) is 0.571. The van der Waals surface area contributed by atoms with Gasteiger partial charge < -0.3 is 10.5 Å². The molecule has 0 aliphatic carbocycles. The molecule has 2 N–H and O–H groups in total. The topological polar surface area (TPSA) is 72.6 Å². The summed E-state index contributed by atoms with van der Waals surface area (Å²) in [7, 11) is -3.59. The van der Waals surface area contributed by atoms with Gasteiger partial charge in [-0.2, -0.15) is 4.31 Å². The van der Waals surface area contributed by atoms with Crippen LogP contribution in [0.3, 0.4) is 0 Å². The standard InChI is InChI=1S/C14H22N2O3S/c1-4-16(10(2)3)20(17,18)13-9-12(15)8-11-6-5-7-19-14(11)13/h8-10H,4-7,15H2,1-3H3. The monoisotopic (exact) mass is 298 g/mol. The lowest BCUT2D eigenvalue weighted by Crippen LogP contribution is -2.37. The lowest BCUT2D eigenvalue weighted by molar-refractivity contribution is 0.278. The Labute approximate surface area is 120 Å². The summed E-state index contributed by atoms with van der Waals surface area (Å²) in [5.74, 6) is 0.476. The number of benzene rings is 1. The van der Waals surface area contributed by atoms with Gasteiger partial charge in [-0.1, -0.05) is 6.92 Å². The second kappa shape index (κ2) is 5.61. The molecule has 1 heterocycles. The highest BCUT2D eigenvalue weighted by Gasteiger charge is 2.31. The van der Waals surface area contributed by atoms with Crippen molar-refractivity contribution in [3.8, 4) is 5.75 Å². The maximum Gasteiger partial charge on any atom is 0.247 e. The summed E-state index contributed by atoms with van der Waals surface area (Å²) in [4.78, 5) is 0.197. The quantitative estimate of drug-likeness (QED) is 0.863. The minimum atomic E-state index is -3.59. The van der Waals surface area contributed by atoms with Crippen molar-refractivity contribution in [3.05, 3.63) is 17.7 Å². The molecular weight excluding hydrogens is 276 g/mol. The number of sulfonamides is 1. The van der Waals surface area contributed by atoms with E-state index in [0.29, 0.717) is 24.6 Å². The summed E-state index contributed by atoms with van der Waals surface area (Å²) in [6.07, 6.45) is 1.69. The molecule has 1 aliphatic heterocycles. The summed E-state index contributed by atoms with van der Waals surface area (Å²) >= 11 is 0. The van der Waals surface area contributed by atoms with Crippen molar-refractivity contribution in [1.29, 1.82) is 0 Å². The van der Waals surface area contributed by atoms with Gasteiger partial charge in [-0.25, -0.2) is 8.42 Å². The Kier molecular flexibility index (Phi) is 4.25. The van der Waals surface area contributed by atoms with E-state index in [1.807, 2.05) is 20.8 Å². The SMILES string of the molecule is CCN(C(C)C)S(=O)(=O)c1cc(N)cc2c1OCCC2. The molecule has 0 bridgehead atoms. The largest absolute Gasteiger partial charge is 0.492 e. The number of rotatable bonds is 4. The van der Waals surface area contributed by atoms with Gasteiger partial charge in [0.25, 0.3) is 0 Å². The molecule has 1 aromatic rings. The zero-order valence-corrected chi connectivity index (χ0v) is 13.0. The first kappa shape index (κ1) is 15.1. The molecule has 2 rings (SSSR count). The Balaban J connectivity index is 2.59. The number of nitrogens with two attached hydrogens (primary N) is 1. The highest BCUT2D eigenvalue weighted by molar-refractivity contribution is 7.89. The molecule has 0 spiro atoms. The lowest BCUT2D eigenvalue weighted by atomic mass is 10.1. The van der Waals surface area contributed by atoms with Crippen molar-refractivity contribution in [2.45, 2.75) is 44.6 Å². The second-order valence-electron chi connectivity index (χ2n) is 5.26. The third-order valence-corrected chi connectivity index (χ3v) is 5.62. The summed E-state index contributed by atoms with van der Waals surface area (Å²) < 4.78 is 32.7. The second-order valence-corrected chi connectivity index (χ2v) is 7.12. The summed E-state index contributed by atoms with van der Waals surface area (Å²) in [6, 6.07) is 3.20. The van der Waals surface area contributed by atoms with Crippen LogP contribution in [0.2, 0.25) is 0 Å². The van der Waals surface area contributed by atoms with E-state index in [2.05, 4.69) is 0 Å². The number of anilines is 1. The number of hydrogen-bond donors (Lipinski definition) is 1. The Morgan fingerprint density at radius 1 is 1.40 bits per heavy atom. The van der Waals surface area contributed by atoms with Gasteiger partial charge in [0.1, 0.15) is 10.6 Å². The molecule has 0 radical (unpaired) electrons. The van der Waals surface area contributed by atoms with Crippen LogP contribution in [0.4, 0.5) is 5.69 Å². The molecule has 1 aromatic carbocycles. The minimum absolute atomic E-state index is 0.106. The molecule has 0 unspecified atom stereocenters. The Morgan fingerprint density at radius 3 is 2.70 bits per heavy atom. The average molecular weight is 298 g/mol. The smallest absolute Gasteiger partial charge is 0.247 e. The highest BCUT2D eigenvalue weighted by Crippen LogP contribution is 2.36. The Bertz CT molecular complexity index is 597. The van der Waals surface area contributed by atoms with Gasteiger partial charge in [-0.05, 0) is 44.4 Å². The van der Waals surface area contributed by atoms with Gasteiger partial charge in [0.15, 0.2) is 0 Å². The molecule has 112 valence electrons. The first-order chi connectivity index (χ1) is 9.37. The first-order valence-corrected chi connectivity index (χ1v) is 8.39. The van der Waals surface area contributed by atoms with Crippen LogP contribution < -0.4 is 10.5 Å².